The Morgan fingerprint density at radius 2 is 1.90 bits per heavy atom. The van der Waals surface area contributed by atoms with Crippen molar-refractivity contribution in [3.63, 3.8) is 0 Å². The highest BCUT2D eigenvalue weighted by Gasteiger charge is 2.14. The van der Waals surface area contributed by atoms with E-state index in [0.717, 1.165) is 27.5 Å². The number of nitrogens with one attached hydrogen (secondary N) is 1. The van der Waals surface area contributed by atoms with Gasteiger partial charge in [0.05, 0.1) is 0 Å². The van der Waals surface area contributed by atoms with Gasteiger partial charge in [-0.2, -0.15) is 0 Å². The summed E-state index contributed by atoms with van der Waals surface area (Å²) in [6.45, 7) is 2.87. The van der Waals surface area contributed by atoms with E-state index in [-0.39, 0.29) is 6.04 Å². The molecule has 0 saturated carbocycles. The first-order valence-electron chi connectivity index (χ1n) is 6.57. The van der Waals surface area contributed by atoms with E-state index < -0.39 is 0 Å². The summed E-state index contributed by atoms with van der Waals surface area (Å²) >= 11 is 7.01. The van der Waals surface area contributed by atoms with Crippen molar-refractivity contribution in [3.8, 4) is 5.75 Å². The van der Waals surface area contributed by atoms with Crippen LogP contribution < -0.4 is 5.32 Å². The Hall–Kier alpha value is -0.840. The van der Waals surface area contributed by atoms with Gasteiger partial charge in [-0.05, 0) is 36.2 Å². The van der Waals surface area contributed by atoms with Gasteiger partial charge >= 0.3 is 0 Å². The predicted molar refractivity (Wildman–Crippen MR) is 89.8 cm³/mol. The minimum absolute atomic E-state index is 0.125. The first-order valence-corrected chi connectivity index (χ1v) is 8.15. The fraction of sp³-hybridized carbons (Fsp3) is 0.250. The zero-order valence-electron chi connectivity index (χ0n) is 11.2. The van der Waals surface area contributed by atoms with Gasteiger partial charge < -0.3 is 10.4 Å². The Labute approximate surface area is 136 Å². The number of aromatic hydroxyl groups is 1. The summed E-state index contributed by atoms with van der Waals surface area (Å²) in [6.07, 6.45) is 0.911. The summed E-state index contributed by atoms with van der Waals surface area (Å²) in [5.74, 6) is 0.333. The average Bonchev–Trinajstić information content (AvgIpc) is 2.45. The Balaban J connectivity index is 2.13. The molecule has 0 fully saturated rings. The topological polar surface area (TPSA) is 32.3 Å². The molecule has 0 aromatic heterocycles. The Morgan fingerprint density at radius 1 is 1.15 bits per heavy atom. The van der Waals surface area contributed by atoms with Crippen LogP contribution in [-0.4, -0.2) is 5.11 Å². The van der Waals surface area contributed by atoms with Crippen LogP contribution in [0, 0.1) is 0 Å². The van der Waals surface area contributed by atoms with Crippen LogP contribution in [-0.2, 0) is 6.54 Å². The number of rotatable bonds is 5. The number of hydrogen-bond acceptors (Lipinski definition) is 2. The van der Waals surface area contributed by atoms with E-state index in [4.69, 9.17) is 0 Å². The van der Waals surface area contributed by atoms with E-state index >= 15 is 0 Å². The molecule has 2 N–H and O–H groups in total. The Kier molecular flexibility index (Phi) is 5.64. The highest BCUT2D eigenvalue weighted by molar-refractivity contribution is 9.10. The molecule has 0 bridgehead atoms. The van der Waals surface area contributed by atoms with Crippen molar-refractivity contribution in [3.05, 3.63) is 62.5 Å². The van der Waals surface area contributed by atoms with Gasteiger partial charge in [-0.3, -0.25) is 0 Å². The zero-order chi connectivity index (χ0) is 14.5. The lowest BCUT2D eigenvalue weighted by Gasteiger charge is -2.19. The second-order valence-corrected chi connectivity index (χ2v) is 6.41. The molecule has 1 atom stereocenters. The Bertz CT molecular complexity index is 586. The molecule has 106 valence electrons. The smallest absolute Gasteiger partial charge is 0.120 e. The largest absolute Gasteiger partial charge is 0.508 e. The van der Waals surface area contributed by atoms with Crippen molar-refractivity contribution >= 4 is 31.9 Å². The number of hydrogen-bond donors (Lipinski definition) is 2. The van der Waals surface area contributed by atoms with Crippen LogP contribution in [0.2, 0.25) is 0 Å². The summed E-state index contributed by atoms with van der Waals surface area (Å²) in [5, 5.41) is 13.5. The molecule has 2 nitrogen and oxygen atoms in total. The quantitative estimate of drug-likeness (QED) is 0.729. The molecule has 20 heavy (non-hydrogen) atoms. The number of benzene rings is 2. The zero-order valence-corrected chi connectivity index (χ0v) is 14.4. The molecule has 0 amide bonds. The van der Waals surface area contributed by atoms with Gasteiger partial charge in [0.25, 0.3) is 0 Å². The lowest BCUT2D eigenvalue weighted by atomic mass is 10.0. The minimum atomic E-state index is 0.125. The maximum Gasteiger partial charge on any atom is 0.120 e. The molecule has 2 aromatic rings. The lowest BCUT2D eigenvalue weighted by molar-refractivity contribution is 0.440. The van der Waals surface area contributed by atoms with Crippen LogP contribution in [0.5, 0.6) is 5.75 Å². The molecule has 4 heteroatoms. The molecule has 0 aliphatic carbocycles. The molecule has 0 saturated heterocycles. The molecule has 0 aliphatic rings. The first kappa shape index (κ1) is 15.5. The standard InChI is InChI=1S/C16H17Br2NO/c1-2-15(13-9-12(17)7-8-16(13)20)19-10-11-5-3-4-6-14(11)18/h3-9,15,19-20H,2,10H2,1H3. The van der Waals surface area contributed by atoms with Gasteiger partial charge in [-0.1, -0.05) is 57.0 Å². The van der Waals surface area contributed by atoms with E-state index in [2.05, 4.69) is 50.2 Å². The van der Waals surface area contributed by atoms with Crippen LogP contribution in [0.1, 0.15) is 30.5 Å². The third-order valence-corrected chi connectivity index (χ3v) is 4.54. The molecule has 0 aliphatic heterocycles. The van der Waals surface area contributed by atoms with E-state index in [0.29, 0.717) is 5.75 Å². The van der Waals surface area contributed by atoms with Gasteiger partial charge in [0.1, 0.15) is 5.75 Å². The first-order chi connectivity index (χ1) is 9.61. The SMILES string of the molecule is CCC(NCc1ccccc1Br)c1cc(Br)ccc1O. The van der Waals surface area contributed by atoms with Crippen molar-refractivity contribution < 1.29 is 5.11 Å². The third-order valence-electron chi connectivity index (χ3n) is 3.27. The maximum atomic E-state index is 10.0. The van der Waals surface area contributed by atoms with Crippen molar-refractivity contribution in [2.75, 3.05) is 0 Å². The third kappa shape index (κ3) is 3.84. The molecule has 0 radical (unpaired) electrons. The van der Waals surface area contributed by atoms with E-state index in [1.165, 1.54) is 5.56 Å². The Morgan fingerprint density at radius 3 is 2.60 bits per heavy atom. The molecule has 1 unspecified atom stereocenters. The maximum absolute atomic E-state index is 10.0. The highest BCUT2D eigenvalue weighted by Crippen LogP contribution is 2.29. The van der Waals surface area contributed by atoms with Crippen LogP contribution >= 0.6 is 31.9 Å². The fourth-order valence-corrected chi connectivity index (χ4v) is 2.96. The van der Waals surface area contributed by atoms with Crippen molar-refractivity contribution in [1.29, 1.82) is 0 Å². The summed E-state index contributed by atoms with van der Waals surface area (Å²) in [6, 6.07) is 13.8. The van der Waals surface area contributed by atoms with Crippen molar-refractivity contribution in [1.82, 2.24) is 5.32 Å². The number of halogens is 2. The summed E-state index contributed by atoms with van der Waals surface area (Å²) in [4.78, 5) is 0. The van der Waals surface area contributed by atoms with E-state index in [1.54, 1.807) is 6.07 Å². The van der Waals surface area contributed by atoms with Crippen LogP contribution in [0.25, 0.3) is 0 Å². The monoisotopic (exact) mass is 397 g/mol. The highest BCUT2D eigenvalue weighted by atomic mass is 79.9. The molecular formula is C16H17Br2NO. The second-order valence-electron chi connectivity index (χ2n) is 4.64. The van der Waals surface area contributed by atoms with Crippen molar-refractivity contribution in [2.24, 2.45) is 0 Å². The summed E-state index contributed by atoms with van der Waals surface area (Å²) in [7, 11) is 0. The van der Waals surface area contributed by atoms with Crippen LogP contribution in [0.3, 0.4) is 0 Å². The normalized spacial score (nSPS) is 12.3. The number of phenolic OH excluding ortho intramolecular Hbond substituents is 1. The second kappa shape index (κ2) is 7.25. The van der Waals surface area contributed by atoms with Gasteiger partial charge in [-0.15, -0.1) is 0 Å². The molecule has 0 spiro atoms. The molecule has 2 rings (SSSR count). The summed E-state index contributed by atoms with van der Waals surface area (Å²) in [5.41, 5.74) is 2.13. The average molecular weight is 399 g/mol. The molecule has 2 aromatic carbocycles. The fourth-order valence-electron chi connectivity index (χ4n) is 2.15. The van der Waals surface area contributed by atoms with Gasteiger partial charge in [0, 0.05) is 27.1 Å². The van der Waals surface area contributed by atoms with Crippen LogP contribution in [0.15, 0.2) is 51.4 Å². The van der Waals surface area contributed by atoms with E-state index in [9.17, 15) is 5.11 Å². The predicted octanol–water partition coefficient (Wildman–Crippen LogP) is 5.16. The molecule has 0 heterocycles. The van der Waals surface area contributed by atoms with Crippen LogP contribution in [0.4, 0.5) is 0 Å². The minimum Gasteiger partial charge on any atom is -0.508 e. The van der Waals surface area contributed by atoms with Crippen molar-refractivity contribution in [2.45, 2.75) is 25.9 Å². The van der Waals surface area contributed by atoms with Gasteiger partial charge in [0.15, 0.2) is 0 Å². The van der Waals surface area contributed by atoms with Gasteiger partial charge in [0.2, 0.25) is 0 Å². The van der Waals surface area contributed by atoms with Gasteiger partial charge in [-0.25, -0.2) is 0 Å². The number of phenols is 1. The van der Waals surface area contributed by atoms with E-state index in [1.807, 2.05) is 30.3 Å². The summed E-state index contributed by atoms with van der Waals surface area (Å²) < 4.78 is 2.08. The molecular weight excluding hydrogens is 382 g/mol. The lowest BCUT2D eigenvalue weighted by Crippen LogP contribution is -2.20.